The van der Waals surface area contributed by atoms with Gasteiger partial charge in [0.15, 0.2) is 17.5 Å². The monoisotopic (exact) mass is 490 g/mol. The van der Waals surface area contributed by atoms with Gasteiger partial charge in [-0.25, -0.2) is 0 Å². The Morgan fingerprint density at radius 1 is 1.22 bits per heavy atom. The average Bonchev–Trinajstić information content (AvgIpc) is 2.70. The number of rotatable bonds is 6. The molecule has 7 nitrogen and oxygen atoms in total. The lowest BCUT2D eigenvalue weighted by Gasteiger charge is -2.31. The van der Waals surface area contributed by atoms with Crippen LogP contribution >= 0.6 is 24.0 Å². The summed E-state index contributed by atoms with van der Waals surface area (Å²) in [7, 11) is 0. The number of guanidine groups is 1. The summed E-state index contributed by atoms with van der Waals surface area (Å²) in [5.41, 5.74) is 0. The van der Waals surface area contributed by atoms with Gasteiger partial charge in [-0.3, -0.25) is 9.89 Å². The minimum absolute atomic E-state index is 0. The molecule has 0 aliphatic carbocycles. The van der Waals surface area contributed by atoms with E-state index in [2.05, 4.69) is 29.4 Å². The van der Waals surface area contributed by atoms with Crippen molar-refractivity contribution < 1.29 is 14.2 Å². The van der Waals surface area contributed by atoms with Crippen LogP contribution in [-0.4, -0.2) is 75.5 Å². The number of para-hydroxylation sites is 2. The molecule has 0 radical (unpaired) electrons. The fourth-order valence-electron chi connectivity index (χ4n) is 3.07. The van der Waals surface area contributed by atoms with Gasteiger partial charge in [-0.1, -0.05) is 12.1 Å². The Hall–Kier alpha value is -1.26. The van der Waals surface area contributed by atoms with Crippen LogP contribution in [0.5, 0.6) is 11.5 Å². The van der Waals surface area contributed by atoms with E-state index in [0.717, 1.165) is 56.9 Å². The first-order valence-electron chi connectivity index (χ1n) is 9.48. The van der Waals surface area contributed by atoms with E-state index in [-0.39, 0.29) is 30.1 Å². The number of morpholine rings is 1. The average molecular weight is 490 g/mol. The molecule has 1 aromatic rings. The minimum Gasteiger partial charge on any atom is -0.486 e. The fraction of sp³-hybridized carbons (Fsp3) is 0.632. The molecule has 1 aromatic carbocycles. The number of benzene rings is 1. The summed E-state index contributed by atoms with van der Waals surface area (Å²) in [6, 6.07) is 8.17. The first-order valence-corrected chi connectivity index (χ1v) is 9.48. The van der Waals surface area contributed by atoms with Crippen LogP contribution in [0.3, 0.4) is 0 Å². The van der Waals surface area contributed by atoms with E-state index in [1.54, 1.807) is 0 Å². The lowest BCUT2D eigenvalue weighted by molar-refractivity contribution is 0.0220. The van der Waals surface area contributed by atoms with Crippen molar-refractivity contribution in [3.8, 4) is 11.5 Å². The first kappa shape index (κ1) is 22.0. The molecule has 2 heterocycles. The summed E-state index contributed by atoms with van der Waals surface area (Å²) in [5, 5.41) is 6.67. The number of aliphatic imine (C=N–C) groups is 1. The molecule has 0 amide bonds. The van der Waals surface area contributed by atoms with Crippen LogP contribution in [-0.2, 0) is 4.74 Å². The molecular weight excluding hydrogens is 459 g/mol. The zero-order valence-electron chi connectivity index (χ0n) is 16.1. The van der Waals surface area contributed by atoms with Crippen molar-refractivity contribution in [2.75, 3.05) is 52.5 Å². The van der Waals surface area contributed by atoms with E-state index >= 15 is 0 Å². The van der Waals surface area contributed by atoms with E-state index in [1.165, 1.54) is 0 Å². The van der Waals surface area contributed by atoms with Crippen molar-refractivity contribution in [3.05, 3.63) is 24.3 Å². The lowest BCUT2D eigenvalue weighted by Crippen LogP contribution is -2.47. The lowest BCUT2D eigenvalue weighted by atomic mass is 10.2. The molecular formula is C19H31IN4O3. The molecule has 3 rings (SSSR count). The van der Waals surface area contributed by atoms with E-state index in [0.29, 0.717) is 19.2 Å². The number of nitrogens with zero attached hydrogens (tertiary/aromatic N) is 2. The van der Waals surface area contributed by atoms with Crippen molar-refractivity contribution in [1.29, 1.82) is 0 Å². The maximum absolute atomic E-state index is 5.99. The Balaban J connectivity index is 0.00000261. The summed E-state index contributed by atoms with van der Waals surface area (Å²) in [5.74, 6) is 2.42. The van der Waals surface area contributed by atoms with Crippen molar-refractivity contribution >= 4 is 29.9 Å². The fourth-order valence-corrected chi connectivity index (χ4v) is 3.07. The molecule has 1 fully saturated rings. The molecule has 2 atom stereocenters. The van der Waals surface area contributed by atoms with Crippen LogP contribution in [0.15, 0.2) is 29.3 Å². The standard InChI is InChI=1S/C19H30N4O3.HI/c1-3-20-19(21-12-15(2)23-8-10-24-11-9-23)22-13-16-14-25-17-6-4-5-7-18(17)26-16;/h4-7,15-16H,3,8-14H2,1-2H3,(H2,20,21,22);1H. The van der Waals surface area contributed by atoms with Gasteiger partial charge in [-0.05, 0) is 26.0 Å². The van der Waals surface area contributed by atoms with Crippen LogP contribution < -0.4 is 20.1 Å². The molecule has 0 saturated carbocycles. The summed E-state index contributed by atoms with van der Waals surface area (Å²) in [6.45, 7) is 10.6. The van der Waals surface area contributed by atoms with Crippen LogP contribution in [0.2, 0.25) is 0 Å². The molecule has 2 aliphatic rings. The number of hydrogen-bond donors (Lipinski definition) is 2. The third kappa shape index (κ3) is 6.69. The maximum atomic E-state index is 5.99. The molecule has 0 spiro atoms. The molecule has 8 heteroatoms. The Bertz CT molecular complexity index is 596. The minimum atomic E-state index is -0.0366. The zero-order valence-corrected chi connectivity index (χ0v) is 18.5. The molecule has 27 heavy (non-hydrogen) atoms. The van der Waals surface area contributed by atoms with Crippen molar-refractivity contribution in [2.24, 2.45) is 4.99 Å². The molecule has 0 aromatic heterocycles. The highest BCUT2D eigenvalue weighted by atomic mass is 127. The highest BCUT2D eigenvalue weighted by Gasteiger charge is 2.21. The topological polar surface area (TPSA) is 67.4 Å². The second kappa shape index (κ2) is 11.6. The van der Waals surface area contributed by atoms with Crippen LogP contribution in [0.1, 0.15) is 13.8 Å². The third-order valence-corrected chi connectivity index (χ3v) is 4.59. The molecule has 1 saturated heterocycles. The Labute approximate surface area is 178 Å². The Morgan fingerprint density at radius 3 is 2.70 bits per heavy atom. The van der Waals surface area contributed by atoms with Crippen LogP contribution in [0.25, 0.3) is 0 Å². The van der Waals surface area contributed by atoms with Crippen LogP contribution in [0.4, 0.5) is 0 Å². The van der Waals surface area contributed by atoms with Gasteiger partial charge >= 0.3 is 0 Å². The molecule has 2 N–H and O–H groups in total. The number of halogens is 1. The van der Waals surface area contributed by atoms with E-state index in [4.69, 9.17) is 19.2 Å². The van der Waals surface area contributed by atoms with Gasteiger partial charge in [0.05, 0.1) is 26.3 Å². The van der Waals surface area contributed by atoms with Gasteiger partial charge in [0.25, 0.3) is 0 Å². The molecule has 2 unspecified atom stereocenters. The smallest absolute Gasteiger partial charge is 0.191 e. The summed E-state index contributed by atoms with van der Waals surface area (Å²) >= 11 is 0. The Kier molecular flexibility index (Phi) is 9.43. The second-order valence-corrected chi connectivity index (χ2v) is 6.60. The van der Waals surface area contributed by atoms with Crippen molar-refractivity contribution in [1.82, 2.24) is 15.5 Å². The molecule has 2 aliphatic heterocycles. The number of fused-ring (bicyclic) bond motifs is 1. The molecule has 152 valence electrons. The van der Waals surface area contributed by atoms with Gasteiger partial charge in [0.1, 0.15) is 12.7 Å². The normalized spacial score (nSPS) is 21.1. The van der Waals surface area contributed by atoms with E-state index < -0.39 is 0 Å². The quantitative estimate of drug-likeness (QED) is 0.360. The Morgan fingerprint density at radius 2 is 1.96 bits per heavy atom. The van der Waals surface area contributed by atoms with E-state index in [1.807, 2.05) is 24.3 Å². The van der Waals surface area contributed by atoms with E-state index in [9.17, 15) is 0 Å². The number of hydrogen-bond acceptors (Lipinski definition) is 5. The summed E-state index contributed by atoms with van der Waals surface area (Å²) in [6.07, 6.45) is -0.0366. The van der Waals surface area contributed by atoms with Gasteiger partial charge in [-0.15, -0.1) is 24.0 Å². The molecule has 0 bridgehead atoms. The SMILES string of the molecule is CCNC(=NCC(C)N1CCOCC1)NCC1COc2ccccc2O1.I. The van der Waals surface area contributed by atoms with Gasteiger partial charge in [0, 0.05) is 25.7 Å². The number of nitrogens with one attached hydrogen (secondary N) is 2. The zero-order chi connectivity index (χ0) is 18.2. The van der Waals surface area contributed by atoms with Gasteiger partial charge < -0.3 is 24.8 Å². The number of ether oxygens (including phenoxy) is 3. The first-order chi connectivity index (χ1) is 12.8. The van der Waals surface area contributed by atoms with Gasteiger partial charge in [-0.2, -0.15) is 0 Å². The summed E-state index contributed by atoms with van der Waals surface area (Å²) in [4.78, 5) is 7.16. The van der Waals surface area contributed by atoms with Crippen molar-refractivity contribution in [2.45, 2.75) is 26.0 Å². The highest BCUT2D eigenvalue weighted by molar-refractivity contribution is 14.0. The van der Waals surface area contributed by atoms with Gasteiger partial charge in [0.2, 0.25) is 0 Å². The highest BCUT2D eigenvalue weighted by Crippen LogP contribution is 2.30. The third-order valence-electron chi connectivity index (χ3n) is 4.59. The maximum Gasteiger partial charge on any atom is 0.191 e. The van der Waals surface area contributed by atoms with Crippen LogP contribution in [0, 0.1) is 0 Å². The largest absolute Gasteiger partial charge is 0.486 e. The summed E-state index contributed by atoms with van der Waals surface area (Å²) < 4.78 is 17.2. The second-order valence-electron chi connectivity index (χ2n) is 6.60. The predicted octanol–water partition coefficient (Wildman–Crippen LogP) is 1.72. The van der Waals surface area contributed by atoms with Crippen molar-refractivity contribution in [3.63, 3.8) is 0 Å². The predicted molar refractivity (Wildman–Crippen MR) is 118 cm³/mol.